The van der Waals surface area contributed by atoms with Gasteiger partial charge in [-0.1, -0.05) is 19.1 Å². The minimum atomic E-state index is -0.856. The molecular weight excluding hydrogens is 264 g/mol. The van der Waals surface area contributed by atoms with Crippen molar-refractivity contribution >= 4 is 0 Å². The number of nitrogens with zero attached hydrogens (tertiary/aromatic N) is 1. The number of hydrazine groups is 1. The van der Waals surface area contributed by atoms with E-state index in [1.54, 1.807) is 12.1 Å². The van der Waals surface area contributed by atoms with Gasteiger partial charge in [0, 0.05) is 18.7 Å². The Balaban J connectivity index is 2.26. The van der Waals surface area contributed by atoms with E-state index < -0.39 is 17.7 Å². The molecule has 1 aliphatic heterocycles. The van der Waals surface area contributed by atoms with Crippen LogP contribution in [0.15, 0.2) is 12.1 Å². The Bertz CT molecular complexity index is 470. The molecule has 2 atom stereocenters. The van der Waals surface area contributed by atoms with Crippen LogP contribution in [0.1, 0.15) is 24.1 Å². The van der Waals surface area contributed by atoms with Gasteiger partial charge in [0.1, 0.15) is 0 Å². The molecule has 6 heteroatoms. The van der Waals surface area contributed by atoms with E-state index in [9.17, 15) is 8.78 Å². The summed E-state index contributed by atoms with van der Waals surface area (Å²) in [5, 5.41) is 0. The van der Waals surface area contributed by atoms with Crippen LogP contribution in [0.5, 0.6) is 0 Å². The lowest BCUT2D eigenvalue weighted by atomic mass is 9.98. The first kappa shape index (κ1) is 15.3. The Hall–Kier alpha value is -1.08. The van der Waals surface area contributed by atoms with E-state index in [4.69, 9.17) is 10.6 Å². The van der Waals surface area contributed by atoms with Crippen molar-refractivity contribution in [3.63, 3.8) is 0 Å². The quantitative estimate of drug-likeness (QED) is 0.650. The van der Waals surface area contributed by atoms with Crippen molar-refractivity contribution in [2.75, 3.05) is 26.2 Å². The van der Waals surface area contributed by atoms with Gasteiger partial charge in [0.2, 0.25) is 0 Å². The SMILES string of the molecule is CCN1CCOC(C(NN)c2ccc(C)c(F)c2F)C1. The second kappa shape index (κ2) is 6.58. The summed E-state index contributed by atoms with van der Waals surface area (Å²) in [6.07, 6.45) is -0.301. The number of benzene rings is 1. The van der Waals surface area contributed by atoms with Crippen molar-refractivity contribution in [1.29, 1.82) is 0 Å². The molecule has 112 valence electrons. The topological polar surface area (TPSA) is 50.5 Å². The Labute approximate surface area is 117 Å². The maximum atomic E-state index is 14.1. The molecule has 0 spiro atoms. The number of hydrogen-bond acceptors (Lipinski definition) is 4. The maximum absolute atomic E-state index is 14.1. The highest BCUT2D eigenvalue weighted by atomic mass is 19.2. The predicted molar refractivity (Wildman–Crippen MR) is 73.0 cm³/mol. The molecule has 1 saturated heterocycles. The number of ether oxygens (including phenoxy) is 1. The van der Waals surface area contributed by atoms with Crippen LogP contribution in [0.25, 0.3) is 0 Å². The van der Waals surface area contributed by atoms with Crippen molar-refractivity contribution in [3.05, 3.63) is 34.9 Å². The predicted octanol–water partition coefficient (Wildman–Crippen LogP) is 1.50. The summed E-state index contributed by atoms with van der Waals surface area (Å²) in [6, 6.07) is 2.55. The fourth-order valence-corrected chi connectivity index (χ4v) is 2.52. The van der Waals surface area contributed by atoms with E-state index in [1.807, 2.05) is 0 Å². The van der Waals surface area contributed by atoms with E-state index in [1.165, 1.54) is 6.92 Å². The average Bonchev–Trinajstić information content (AvgIpc) is 2.48. The Kier molecular flexibility index (Phi) is 5.04. The smallest absolute Gasteiger partial charge is 0.164 e. The standard InChI is InChI=1S/C14H21F2N3O/c1-3-19-6-7-20-11(8-19)14(18-17)10-5-4-9(2)12(15)13(10)16/h4-5,11,14,18H,3,6-8,17H2,1-2H3. The molecule has 0 saturated carbocycles. The second-order valence-corrected chi connectivity index (χ2v) is 5.05. The lowest BCUT2D eigenvalue weighted by Crippen LogP contribution is -2.49. The Morgan fingerprint density at radius 3 is 2.85 bits per heavy atom. The van der Waals surface area contributed by atoms with Gasteiger partial charge in [0.05, 0.1) is 18.8 Å². The molecule has 1 fully saturated rings. The van der Waals surface area contributed by atoms with Crippen LogP contribution >= 0.6 is 0 Å². The van der Waals surface area contributed by atoms with Gasteiger partial charge >= 0.3 is 0 Å². The molecule has 1 heterocycles. The van der Waals surface area contributed by atoms with Gasteiger partial charge in [-0.05, 0) is 19.0 Å². The summed E-state index contributed by atoms with van der Waals surface area (Å²) in [5.41, 5.74) is 3.05. The summed E-state index contributed by atoms with van der Waals surface area (Å²) in [5.74, 6) is 3.86. The van der Waals surface area contributed by atoms with E-state index in [0.29, 0.717) is 13.2 Å². The molecule has 1 aromatic carbocycles. The van der Waals surface area contributed by atoms with E-state index in [0.717, 1.165) is 13.1 Å². The lowest BCUT2D eigenvalue weighted by Gasteiger charge is -2.36. The Morgan fingerprint density at radius 2 is 2.20 bits per heavy atom. The van der Waals surface area contributed by atoms with Crippen LogP contribution in [0.4, 0.5) is 8.78 Å². The van der Waals surface area contributed by atoms with E-state index in [-0.39, 0.29) is 17.2 Å². The molecule has 2 unspecified atom stereocenters. The van der Waals surface area contributed by atoms with Crippen LogP contribution < -0.4 is 11.3 Å². The number of aryl methyl sites for hydroxylation is 1. The van der Waals surface area contributed by atoms with Crippen molar-refractivity contribution in [3.8, 4) is 0 Å². The van der Waals surface area contributed by atoms with Gasteiger partial charge in [-0.2, -0.15) is 0 Å². The molecule has 0 radical (unpaired) electrons. The fourth-order valence-electron chi connectivity index (χ4n) is 2.52. The number of hydrogen-bond donors (Lipinski definition) is 2. The zero-order valence-electron chi connectivity index (χ0n) is 11.8. The lowest BCUT2D eigenvalue weighted by molar-refractivity contribution is -0.0462. The third-order valence-corrected chi connectivity index (χ3v) is 3.82. The van der Waals surface area contributed by atoms with Gasteiger partial charge in [0.15, 0.2) is 11.6 Å². The number of halogens is 2. The monoisotopic (exact) mass is 285 g/mol. The second-order valence-electron chi connectivity index (χ2n) is 5.05. The summed E-state index contributed by atoms with van der Waals surface area (Å²) in [4.78, 5) is 2.20. The third-order valence-electron chi connectivity index (χ3n) is 3.82. The van der Waals surface area contributed by atoms with Gasteiger partial charge in [0.25, 0.3) is 0 Å². The van der Waals surface area contributed by atoms with Crippen molar-refractivity contribution in [1.82, 2.24) is 10.3 Å². The maximum Gasteiger partial charge on any atom is 0.164 e. The summed E-state index contributed by atoms with van der Waals surface area (Å²) in [7, 11) is 0. The highest BCUT2D eigenvalue weighted by Gasteiger charge is 2.30. The molecule has 1 aliphatic rings. The van der Waals surface area contributed by atoms with Crippen LogP contribution in [0.3, 0.4) is 0 Å². The van der Waals surface area contributed by atoms with Crippen LogP contribution in [0.2, 0.25) is 0 Å². The average molecular weight is 285 g/mol. The molecule has 4 nitrogen and oxygen atoms in total. The summed E-state index contributed by atoms with van der Waals surface area (Å²) < 4.78 is 33.5. The van der Waals surface area contributed by atoms with Crippen molar-refractivity contribution < 1.29 is 13.5 Å². The minimum absolute atomic E-state index is 0.207. The minimum Gasteiger partial charge on any atom is -0.374 e. The number of nitrogens with two attached hydrogens (primary N) is 1. The number of likely N-dealkylation sites (N-methyl/N-ethyl adjacent to an activating group) is 1. The number of nitrogens with one attached hydrogen (secondary N) is 1. The first-order chi connectivity index (χ1) is 9.58. The molecule has 0 amide bonds. The molecular formula is C14H21F2N3O. The summed E-state index contributed by atoms with van der Waals surface area (Å²) >= 11 is 0. The van der Waals surface area contributed by atoms with Gasteiger partial charge in [-0.15, -0.1) is 0 Å². The first-order valence-corrected chi connectivity index (χ1v) is 6.83. The molecule has 1 aromatic rings. The molecule has 0 aliphatic carbocycles. The van der Waals surface area contributed by atoms with Crippen LogP contribution in [0, 0.1) is 18.6 Å². The third kappa shape index (κ3) is 2.98. The highest BCUT2D eigenvalue weighted by Crippen LogP contribution is 2.26. The van der Waals surface area contributed by atoms with Crippen molar-refractivity contribution in [2.24, 2.45) is 5.84 Å². The fraction of sp³-hybridized carbons (Fsp3) is 0.571. The molecule has 0 bridgehead atoms. The number of rotatable bonds is 4. The molecule has 3 N–H and O–H groups in total. The molecule has 20 heavy (non-hydrogen) atoms. The highest BCUT2D eigenvalue weighted by molar-refractivity contribution is 5.28. The van der Waals surface area contributed by atoms with Gasteiger partial charge in [-0.3, -0.25) is 16.2 Å². The zero-order chi connectivity index (χ0) is 14.7. The van der Waals surface area contributed by atoms with Gasteiger partial charge in [-0.25, -0.2) is 8.78 Å². The molecule has 0 aromatic heterocycles. The first-order valence-electron chi connectivity index (χ1n) is 6.83. The van der Waals surface area contributed by atoms with E-state index in [2.05, 4.69) is 17.2 Å². The summed E-state index contributed by atoms with van der Waals surface area (Å²) in [6.45, 7) is 6.52. The normalized spacial score (nSPS) is 21.9. The van der Waals surface area contributed by atoms with Crippen LogP contribution in [-0.4, -0.2) is 37.2 Å². The number of morpholine rings is 1. The largest absolute Gasteiger partial charge is 0.374 e. The molecule has 2 rings (SSSR count). The van der Waals surface area contributed by atoms with E-state index >= 15 is 0 Å². The van der Waals surface area contributed by atoms with Crippen molar-refractivity contribution in [2.45, 2.75) is 26.0 Å². The van der Waals surface area contributed by atoms with Crippen LogP contribution in [-0.2, 0) is 4.74 Å². The Morgan fingerprint density at radius 1 is 1.45 bits per heavy atom. The van der Waals surface area contributed by atoms with Gasteiger partial charge < -0.3 is 4.74 Å². The zero-order valence-corrected chi connectivity index (χ0v) is 11.8.